The van der Waals surface area contributed by atoms with Crippen molar-refractivity contribution in [2.75, 3.05) is 13.2 Å². The summed E-state index contributed by atoms with van der Waals surface area (Å²) in [5.41, 5.74) is 0. The van der Waals surface area contributed by atoms with E-state index in [9.17, 15) is 8.42 Å². The first-order valence-corrected chi connectivity index (χ1v) is 6.13. The summed E-state index contributed by atoms with van der Waals surface area (Å²) in [6.07, 6.45) is 1.62. The molecule has 0 saturated heterocycles. The highest BCUT2D eigenvalue weighted by atomic mass is 35.5. The molecule has 15 heavy (non-hydrogen) atoms. The fourth-order valence-corrected chi connectivity index (χ4v) is 2.78. The van der Waals surface area contributed by atoms with E-state index >= 15 is 0 Å². The van der Waals surface area contributed by atoms with E-state index in [4.69, 9.17) is 16.7 Å². The van der Waals surface area contributed by atoms with Crippen LogP contribution in [0, 0.1) is 0 Å². The lowest BCUT2D eigenvalue weighted by Gasteiger charge is -2.06. The second-order valence-corrected chi connectivity index (χ2v) is 4.99. The quantitative estimate of drug-likeness (QED) is 0.708. The second kappa shape index (κ2) is 4.93. The molecule has 0 aliphatic rings. The lowest BCUT2D eigenvalue weighted by molar-refractivity contribution is 0.289. The topological polar surface area (TPSA) is 84.2 Å². The SMILES string of the molecule is Cn1ncc(Cl)c1S(=O)(=O)NCCCO. The Morgan fingerprint density at radius 3 is 2.80 bits per heavy atom. The van der Waals surface area contributed by atoms with Crippen molar-refractivity contribution < 1.29 is 13.5 Å². The molecule has 1 aromatic heterocycles. The van der Waals surface area contributed by atoms with E-state index in [2.05, 4.69) is 9.82 Å². The first-order valence-electron chi connectivity index (χ1n) is 4.27. The molecule has 1 heterocycles. The summed E-state index contributed by atoms with van der Waals surface area (Å²) in [6.45, 7) is 0.0992. The molecule has 0 saturated carbocycles. The van der Waals surface area contributed by atoms with Crippen LogP contribution in [0.25, 0.3) is 0 Å². The number of nitrogens with one attached hydrogen (secondary N) is 1. The summed E-state index contributed by atoms with van der Waals surface area (Å²) in [5, 5.41) is 12.3. The second-order valence-electron chi connectivity index (χ2n) is 2.90. The number of rotatable bonds is 5. The van der Waals surface area contributed by atoms with Gasteiger partial charge in [0, 0.05) is 20.2 Å². The third-order valence-corrected chi connectivity index (χ3v) is 3.69. The van der Waals surface area contributed by atoms with Gasteiger partial charge in [0.05, 0.1) is 11.2 Å². The molecule has 0 aliphatic carbocycles. The molecule has 0 fully saturated rings. The first-order chi connectivity index (χ1) is 6.99. The molecule has 0 aliphatic heterocycles. The number of aromatic nitrogens is 2. The number of sulfonamides is 1. The zero-order valence-corrected chi connectivity index (χ0v) is 9.72. The highest BCUT2D eigenvalue weighted by Crippen LogP contribution is 2.19. The Labute approximate surface area is 92.9 Å². The van der Waals surface area contributed by atoms with Crippen molar-refractivity contribution in [3.63, 3.8) is 0 Å². The number of hydrogen-bond donors (Lipinski definition) is 2. The minimum Gasteiger partial charge on any atom is -0.396 e. The lowest BCUT2D eigenvalue weighted by atomic mass is 10.5. The van der Waals surface area contributed by atoms with Crippen LogP contribution in [0.3, 0.4) is 0 Å². The summed E-state index contributed by atoms with van der Waals surface area (Å²) in [6, 6.07) is 0. The average molecular weight is 254 g/mol. The van der Waals surface area contributed by atoms with Gasteiger partial charge >= 0.3 is 0 Å². The monoisotopic (exact) mass is 253 g/mol. The minimum absolute atomic E-state index is 0.0675. The number of aryl methyl sites for hydroxylation is 1. The molecular formula is C7H12ClN3O3S. The first kappa shape index (κ1) is 12.4. The van der Waals surface area contributed by atoms with Gasteiger partial charge in [0.25, 0.3) is 10.0 Å². The predicted molar refractivity (Wildman–Crippen MR) is 55.1 cm³/mol. The van der Waals surface area contributed by atoms with Crippen LogP contribution in [0.4, 0.5) is 0 Å². The summed E-state index contributed by atoms with van der Waals surface area (Å²) in [5.74, 6) is 0. The molecule has 0 radical (unpaired) electrons. The minimum atomic E-state index is -3.64. The van der Waals surface area contributed by atoms with Crippen LogP contribution in [0.15, 0.2) is 11.2 Å². The van der Waals surface area contributed by atoms with Gasteiger partial charge in [0.1, 0.15) is 0 Å². The van der Waals surface area contributed by atoms with Crippen LogP contribution in [0.1, 0.15) is 6.42 Å². The van der Waals surface area contributed by atoms with Gasteiger partial charge in [-0.25, -0.2) is 13.1 Å². The van der Waals surface area contributed by atoms with Crippen LogP contribution in [-0.4, -0.2) is 36.5 Å². The van der Waals surface area contributed by atoms with E-state index < -0.39 is 10.0 Å². The van der Waals surface area contributed by atoms with Crippen LogP contribution >= 0.6 is 11.6 Å². The number of halogens is 1. The maximum Gasteiger partial charge on any atom is 0.259 e. The Morgan fingerprint density at radius 1 is 1.67 bits per heavy atom. The van der Waals surface area contributed by atoms with Crippen molar-refractivity contribution in [3.05, 3.63) is 11.2 Å². The molecule has 0 bridgehead atoms. The Balaban J connectivity index is 2.87. The Hall–Kier alpha value is -0.630. The number of aliphatic hydroxyl groups excluding tert-OH is 1. The van der Waals surface area contributed by atoms with E-state index in [1.807, 2.05) is 0 Å². The van der Waals surface area contributed by atoms with Crippen molar-refractivity contribution in [2.45, 2.75) is 11.4 Å². The molecule has 2 N–H and O–H groups in total. The van der Waals surface area contributed by atoms with Crippen LogP contribution in [0.5, 0.6) is 0 Å². The number of hydrogen-bond acceptors (Lipinski definition) is 4. The average Bonchev–Trinajstić information content (AvgIpc) is 2.46. The molecular weight excluding hydrogens is 242 g/mol. The molecule has 0 aromatic carbocycles. The highest BCUT2D eigenvalue weighted by molar-refractivity contribution is 7.89. The summed E-state index contributed by atoms with van der Waals surface area (Å²) >= 11 is 5.69. The Kier molecular flexibility index (Phi) is 4.09. The molecule has 0 unspecified atom stereocenters. The summed E-state index contributed by atoms with van der Waals surface area (Å²) in [4.78, 5) is 0. The van der Waals surface area contributed by atoms with Gasteiger partial charge < -0.3 is 5.11 Å². The van der Waals surface area contributed by atoms with Crippen LogP contribution in [0.2, 0.25) is 5.02 Å². The molecule has 0 atom stereocenters. The normalized spacial score (nSPS) is 11.9. The van der Waals surface area contributed by atoms with E-state index in [0.717, 1.165) is 0 Å². The fraction of sp³-hybridized carbons (Fsp3) is 0.571. The summed E-state index contributed by atoms with van der Waals surface area (Å²) < 4.78 is 26.8. The lowest BCUT2D eigenvalue weighted by Crippen LogP contribution is -2.27. The molecule has 0 amide bonds. The Bertz CT molecular complexity index is 409. The molecule has 0 spiro atoms. The number of aliphatic hydroxyl groups is 1. The largest absolute Gasteiger partial charge is 0.396 e. The van der Waals surface area contributed by atoms with E-state index in [-0.39, 0.29) is 23.2 Å². The van der Waals surface area contributed by atoms with Gasteiger partial charge in [-0.1, -0.05) is 11.6 Å². The predicted octanol–water partition coefficient (Wildman–Crippen LogP) is -0.266. The maximum absolute atomic E-state index is 11.7. The van der Waals surface area contributed by atoms with E-state index in [1.165, 1.54) is 17.9 Å². The van der Waals surface area contributed by atoms with Gasteiger partial charge in [-0.15, -0.1) is 0 Å². The molecule has 1 aromatic rings. The van der Waals surface area contributed by atoms with Crippen molar-refractivity contribution >= 4 is 21.6 Å². The fourth-order valence-electron chi connectivity index (χ4n) is 1.06. The van der Waals surface area contributed by atoms with Crippen LogP contribution < -0.4 is 4.72 Å². The van der Waals surface area contributed by atoms with Gasteiger partial charge in [-0.05, 0) is 6.42 Å². The van der Waals surface area contributed by atoms with Crippen LogP contribution in [-0.2, 0) is 17.1 Å². The zero-order chi connectivity index (χ0) is 11.5. The van der Waals surface area contributed by atoms with Gasteiger partial charge in [0.15, 0.2) is 5.03 Å². The van der Waals surface area contributed by atoms with Gasteiger partial charge in [-0.2, -0.15) is 5.10 Å². The van der Waals surface area contributed by atoms with Crippen molar-refractivity contribution in [1.29, 1.82) is 0 Å². The number of nitrogens with zero attached hydrogens (tertiary/aromatic N) is 2. The van der Waals surface area contributed by atoms with E-state index in [0.29, 0.717) is 6.42 Å². The maximum atomic E-state index is 11.7. The molecule has 86 valence electrons. The van der Waals surface area contributed by atoms with Crippen molar-refractivity contribution in [1.82, 2.24) is 14.5 Å². The Morgan fingerprint density at radius 2 is 2.33 bits per heavy atom. The zero-order valence-electron chi connectivity index (χ0n) is 8.14. The van der Waals surface area contributed by atoms with Gasteiger partial charge in [-0.3, -0.25) is 4.68 Å². The highest BCUT2D eigenvalue weighted by Gasteiger charge is 2.21. The van der Waals surface area contributed by atoms with Gasteiger partial charge in [0.2, 0.25) is 0 Å². The standard InChI is InChI=1S/C7H12ClN3O3S/c1-11-7(6(8)5-9-11)15(13,14)10-3-2-4-12/h5,10,12H,2-4H2,1H3. The third kappa shape index (κ3) is 2.91. The summed E-state index contributed by atoms with van der Waals surface area (Å²) in [7, 11) is -2.15. The third-order valence-electron chi connectivity index (χ3n) is 1.72. The molecule has 8 heteroatoms. The smallest absolute Gasteiger partial charge is 0.259 e. The van der Waals surface area contributed by atoms with Crippen molar-refractivity contribution in [3.8, 4) is 0 Å². The molecule has 6 nitrogen and oxygen atoms in total. The van der Waals surface area contributed by atoms with Crippen molar-refractivity contribution in [2.24, 2.45) is 7.05 Å². The van der Waals surface area contributed by atoms with E-state index in [1.54, 1.807) is 0 Å². The molecule has 1 rings (SSSR count).